The fourth-order valence-corrected chi connectivity index (χ4v) is 1.69. The SMILES string of the molecule is NC(CCCCNc1ccsc1)=NO. The zero-order valence-electron chi connectivity index (χ0n) is 7.94. The highest BCUT2D eigenvalue weighted by molar-refractivity contribution is 7.08. The first-order valence-electron chi connectivity index (χ1n) is 4.55. The van der Waals surface area contributed by atoms with Crippen LogP contribution in [-0.4, -0.2) is 17.6 Å². The highest BCUT2D eigenvalue weighted by Crippen LogP contribution is 2.11. The molecule has 0 saturated carbocycles. The van der Waals surface area contributed by atoms with Crippen LogP contribution in [0, 0.1) is 0 Å². The van der Waals surface area contributed by atoms with Gasteiger partial charge in [0.2, 0.25) is 0 Å². The number of amidine groups is 1. The molecule has 1 heterocycles. The molecule has 0 radical (unpaired) electrons. The molecule has 0 spiro atoms. The Bertz CT molecular complexity index is 272. The van der Waals surface area contributed by atoms with Crippen molar-refractivity contribution < 1.29 is 5.21 Å². The van der Waals surface area contributed by atoms with Gasteiger partial charge < -0.3 is 16.3 Å². The van der Waals surface area contributed by atoms with Crippen LogP contribution in [0.3, 0.4) is 0 Å². The number of unbranched alkanes of at least 4 members (excludes halogenated alkanes) is 1. The summed E-state index contributed by atoms with van der Waals surface area (Å²) in [4.78, 5) is 0. The number of anilines is 1. The third kappa shape index (κ3) is 4.13. The fraction of sp³-hybridized carbons (Fsp3) is 0.444. The standard InChI is InChI=1S/C9H15N3OS/c10-9(12-13)3-1-2-5-11-8-4-6-14-7-8/h4,6-7,11,13H,1-3,5H2,(H2,10,12). The Morgan fingerprint density at radius 2 is 2.43 bits per heavy atom. The van der Waals surface area contributed by atoms with Crippen LogP contribution >= 0.6 is 11.3 Å². The summed E-state index contributed by atoms with van der Waals surface area (Å²) >= 11 is 1.68. The van der Waals surface area contributed by atoms with E-state index in [-0.39, 0.29) is 0 Å². The number of oxime groups is 1. The predicted molar refractivity (Wildman–Crippen MR) is 60.1 cm³/mol. The van der Waals surface area contributed by atoms with E-state index in [4.69, 9.17) is 10.9 Å². The van der Waals surface area contributed by atoms with Crippen LogP contribution in [-0.2, 0) is 0 Å². The van der Waals surface area contributed by atoms with Crippen molar-refractivity contribution in [2.75, 3.05) is 11.9 Å². The van der Waals surface area contributed by atoms with E-state index in [1.807, 2.05) is 11.4 Å². The van der Waals surface area contributed by atoms with Gasteiger partial charge in [0.25, 0.3) is 0 Å². The minimum Gasteiger partial charge on any atom is -0.409 e. The molecule has 0 saturated heterocycles. The molecule has 0 aliphatic heterocycles. The molecule has 5 heteroatoms. The van der Waals surface area contributed by atoms with E-state index in [1.54, 1.807) is 11.3 Å². The number of hydrogen-bond acceptors (Lipinski definition) is 4. The first-order chi connectivity index (χ1) is 6.83. The molecule has 78 valence electrons. The van der Waals surface area contributed by atoms with Gasteiger partial charge in [0, 0.05) is 24.0 Å². The van der Waals surface area contributed by atoms with Crippen molar-refractivity contribution in [1.29, 1.82) is 0 Å². The largest absolute Gasteiger partial charge is 0.409 e. The number of thiophene rings is 1. The van der Waals surface area contributed by atoms with Crippen LogP contribution in [0.15, 0.2) is 22.0 Å². The van der Waals surface area contributed by atoms with Crippen LogP contribution in [0.25, 0.3) is 0 Å². The average Bonchev–Trinajstić information content (AvgIpc) is 2.69. The number of nitrogens with two attached hydrogens (primary N) is 1. The lowest BCUT2D eigenvalue weighted by atomic mass is 10.2. The van der Waals surface area contributed by atoms with E-state index in [1.165, 1.54) is 5.69 Å². The molecule has 0 aliphatic rings. The highest BCUT2D eigenvalue weighted by atomic mass is 32.1. The topological polar surface area (TPSA) is 70.6 Å². The van der Waals surface area contributed by atoms with Crippen molar-refractivity contribution >= 4 is 22.9 Å². The van der Waals surface area contributed by atoms with Gasteiger partial charge in [0.05, 0.1) is 0 Å². The Hall–Kier alpha value is -1.23. The number of rotatable bonds is 6. The number of hydrogen-bond donors (Lipinski definition) is 3. The maximum Gasteiger partial charge on any atom is 0.139 e. The molecule has 1 aromatic rings. The minimum absolute atomic E-state index is 0.306. The van der Waals surface area contributed by atoms with Gasteiger partial charge in [-0.15, -0.1) is 0 Å². The molecular formula is C9H15N3OS. The quantitative estimate of drug-likeness (QED) is 0.223. The molecule has 4 nitrogen and oxygen atoms in total. The summed E-state index contributed by atoms with van der Waals surface area (Å²) in [5, 5.41) is 18.6. The van der Waals surface area contributed by atoms with E-state index in [0.29, 0.717) is 12.3 Å². The lowest BCUT2D eigenvalue weighted by Gasteiger charge is -2.02. The first kappa shape index (κ1) is 10.8. The Kier molecular flexibility index (Phi) is 4.85. The van der Waals surface area contributed by atoms with Crippen LogP contribution < -0.4 is 11.1 Å². The third-order valence-electron chi connectivity index (χ3n) is 1.84. The Morgan fingerprint density at radius 1 is 1.57 bits per heavy atom. The molecule has 0 aromatic carbocycles. The summed E-state index contributed by atoms with van der Waals surface area (Å²) in [6.07, 6.45) is 2.61. The summed E-state index contributed by atoms with van der Waals surface area (Å²) in [6.45, 7) is 0.926. The van der Waals surface area contributed by atoms with E-state index in [9.17, 15) is 0 Å². The monoisotopic (exact) mass is 213 g/mol. The number of nitrogens with one attached hydrogen (secondary N) is 1. The van der Waals surface area contributed by atoms with Crippen molar-refractivity contribution in [3.63, 3.8) is 0 Å². The lowest BCUT2D eigenvalue weighted by molar-refractivity contribution is 0.316. The van der Waals surface area contributed by atoms with E-state index < -0.39 is 0 Å². The van der Waals surface area contributed by atoms with E-state index >= 15 is 0 Å². The Labute approximate surface area is 87.4 Å². The summed E-state index contributed by atoms with van der Waals surface area (Å²) in [5.74, 6) is 0.306. The second-order valence-corrected chi connectivity index (χ2v) is 3.77. The van der Waals surface area contributed by atoms with Crippen molar-refractivity contribution in [3.05, 3.63) is 16.8 Å². The number of nitrogens with zero attached hydrogens (tertiary/aromatic N) is 1. The zero-order chi connectivity index (χ0) is 10.2. The van der Waals surface area contributed by atoms with Crippen molar-refractivity contribution in [2.24, 2.45) is 10.9 Å². The van der Waals surface area contributed by atoms with Crippen LogP contribution in [0.4, 0.5) is 5.69 Å². The van der Waals surface area contributed by atoms with Gasteiger partial charge in [0.1, 0.15) is 5.84 Å². The van der Waals surface area contributed by atoms with Gasteiger partial charge in [-0.1, -0.05) is 5.16 Å². The lowest BCUT2D eigenvalue weighted by Crippen LogP contribution is -2.11. The fourth-order valence-electron chi connectivity index (χ4n) is 1.08. The molecular weight excluding hydrogens is 198 g/mol. The molecule has 4 N–H and O–H groups in total. The molecule has 0 fully saturated rings. The molecule has 0 atom stereocenters. The molecule has 1 aromatic heterocycles. The van der Waals surface area contributed by atoms with Gasteiger partial charge in [-0.25, -0.2) is 0 Å². The van der Waals surface area contributed by atoms with Crippen molar-refractivity contribution in [3.8, 4) is 0 Å². The first-order valence-corrected chi connectivity index (χ1v) is 5.49. The minimum atomic E-state index is 0.306. The van der Waals surface area contributed by atoms with Crippen molar-refractivity contribution in [1.82, 2.24) is 0 Å². The van der Waals surface area contributed by atoms with Crippen LogP contribution in [0.2, 0.25) is 0 Å². The van der Waals surface area contributed by atoms with Crippen molar-refractivity contribution in [2.45, 2.75) is 19.3 Å². The van der Waals surface area contributed by atoms with Gasteiger partial charge in [-0.2, -0.15) is 11.3 Å². The second-order valence-electron chi connectivity index (χ2n) is 2.99. The molecule has 1 rings (SSSR count). The molecule has 0 bridgehead atoms. The molecule has 14 heavy (non-hydrogen) atoms. The molecule has 0 amide bonds. The summed E-state index contributed by atoms with van der Waals surface area (Å²) in [7, 11) is 0. The van der Waals surface area contributed by atoms with Gasteiger partial charge in [0.15, 0.2) is 0 Å². The second kappa shape index (κ2) is 6.26. The summed E-state index contributed by atoms with van der Waals surface area (Å²) in [5.41, 5.74) is 6.50. The predicted octanol–water partition coefficient (Wildman–Crippen LogP) is 2.08. The average molecular weight is 213 g/mol. The summed E-state index contributed by atoms with van der Waals surface area (Å²) in [6, 6.07) is 2.05. The molecule has 0 unspecified atom stereocenters. The van der Waals surface area contributed by atoms with Crippen LogP contribution in [0.1, 0.15) is 19.3 Å². The smallest absolute Gasteiger partial charge is 0.139 e. The third-order valence-corrected chi connectivity index (χ3v) is 2.52. The molecule has 0 aliphatic carbocycles. The highest BCUT2D eigenvalue weighted by Gasteiger charge is 1.94. The normalized spacial score (nSPS) is 11.6. The van der Waals surface area contributed by atoms with Crippen LogP contribution in [0.5, 0.6) is 0 Å². The zero-order valence-corrected chi connectivity index (χ0v) is 8.76. The Morgan fingerprint density at radius 3 is 3.07 bits per heavy atom. The maximum atomic E-state index is 8.29. The maximum absolute atomic E-state index is 8.29. The van der Waals surface area contributed by atoms with E-state index in [0.717, 1.165) is 19.4 Å². The van der Waals surface area contributed by atoms with Gasteiger partial charge in [-0.05, 0) is 24.3 Å². The van der Waals surface area contributed by atoms with E-state index in [2.05, 4.69) is 15.9 Å². The van der Waals surface area contributed by atoms with Gasteiger partial charge in [-0.3, -0.25) is 0 Å². The summed E-state index contributed by atoms with van der Waals surface area (Å²) < 4.78 is 0. The van der Waals surface area contributed by atoms with Gasteiger partial charge >= 0.3 is 0 Å². The Balaban J connectivity index is 2.00.